The van der Waals surface area contributed by atoms with Crippen molar-refractivity contribution in [1.82, 2.24) is 4.90 Å². The minimum atomic E-state index is -0.567. The van der Waals surface area contributed by atoms with Gasteiger partial charge in [-0.2, -0.15) is 0 Å². The smallest absolute Gasteiger partial charge is 0.258 e. The summed E-state index contributed by atoms with van der Waals surface area (Å²) in [5, 5.41) is 3.68. The van der Waals surface area contributed by atoms with Crippen LogP contribution in [-0.2, 0) is 12.2 Å². The highest BCUT2D eigenvalue weighted by Crippen LogP contribution is 2.41. The maximum Gasteiger partial charge on any atom is 0.258 e. The van der Waals surface area contributed by atoms with Gasteiger partial charge in [-0.25, -0.2) is 0 Å². The molecule has 3 aromatic rings. The van der Waals surface area contributed by atoms with E-state index >= 15 is 0 Å². The summed E-state index contributed by atoms with van der Waals surface area (Å²) in [6, 6.07) is 28.2. The van der Waals surface area contributed by atoms with Crippen LogP contribution in [-0.4, -0.2) is 10.8 Å². The van der Waals surface area contributed by atoms with E-state index in [9.17, 15) is 4.79 Å². The summed E-state index contributed by atoms with van der Waals surface area (Å²) in [6.45, 7) is 2.68. The van der Waals surface area contributed by atoms with Gasteiger partial charge in [0.2, 0.25) is 0 Å². The molecule has 0 fully saturated rings. The van der Waals surface area contributed by atoms with E-state index in [0.29, 0.717) is 6.54 Å². The van der Waals surface area contributed by atoms with Gasteiger partial charge < -0.3 is 10.2 Å². The molecule has 0 bridgehead atoms. The summed E-state index contributed by atoms with van der Waals surface area (Å²) >= 11 is 0. The quantitative estimate of drug-likeness (QED) is 0.722. The van der Waals surface area contributed by atoms with E-state index in [2.05, 4.69) is 36.5 Å². The van der Waals surface area contributed by atoms with Gasteiger partial charge in [-0.15, -0.1) is 0 Å². The maximum absolute atomic E-state index is 13.5. The second-order valence-corrected chi connectivity index (χ2v) is 6.63. The van der Waals surface area contributed by atoms with Crippen LogP contribution in [0.5, 0.6) is 0 Å². The van der Waals surface area contributed by atoms with Gasteiger partial charge in [0.15, 0.2) is 0 Å². The largest absolute Gasteiger partial charge is 0.358 e. The predicted octanol–water partition coefficient (Wildman–Crippen LogP) is 5.02. The van der Waals surface area contributed by atoms with Gasteiger partial charge in [0.25, 0.3) is 5.91 Å². The fourth-order valence-electron chi connectivity index (χ4n) is 3.79. The molecule has 3 aromatic carbocycles. The van der Waals surface area contributed by atoms with Crippen molar-refractivity contribution < 1.29 is 4.79 Å². The lowest BCUT2D eigenvalue weighted by atomic mass is 9.89. The van der Waals surface area contributed by atoms with E-state index in [1.54, 1.807) is 0 Å². The molecule has 1 unspecified atom stereocenters. The number of nitrogens with zero attached hydrogens (tertiary/aromatic N) is 1. The Bertz CT molecular complexity index is 908. The zero-order valence-corrected chi connectivity index (χ0v) is 14.9. The molecule has 1 amide bonds. The first-order valence-electron chi connectivity index (χ1n) is 9.03. The monoisotopic (exact) mass is 342 g/mol. The van der Waals surface area contributed by atoms with Crippen molar-refractivity contribution >= 4 is 11.6 Å². The van der Waals surface area contributed by atoms with Gasteiger partial charge in [0, 0.05) is 12.2 Å². The van der Waals surface area contributed by atoms with Crippen LogP contribution in [0, 0.1) is 0 Å². The van der Waals surface area contributed by atoms with Gasteiger partial charge in [-0.1, -0.05) is 79.7 Å². The second-order valence-electron chi connectivity index (χ2n) is 6.63. The molecule has 3 heteroatoms. The Balaban J connectivity index is 1.87. The van der Waals surface area contributed by atoms with Crippen LogP contribution >= 0.6 is 0 Å². The third-order valence-corrected chi connectivity index (χ3v) is 5.15. The van der Waals surface area contributed by atoms with Crippen LogP contribution in [0.3, 0.4) is 0 Å². The summed E-state index contributed by atoms with van der Waals surface area (Å²) in [7, 11) is 0. The fourth-order valence-corrected chi connectivity index (χ4v) is 3.79. The summed E-state index contributed by atoms with van der Waals surface area (Å²) in [5.41, 5.74) is 3.27. The van der Waals surface area contributed by atoms with Crippen LogP contribution in [0.1, 0.15) is 34.8 Å². The molecule has 26 heavy (non-hydrogen) atoms. The lowest BCUT2D eigenvalue weighted by Gasteiger charge is -2.48. The average molecular weight is 342 g/mol. The van der Waals surface area contributed by atoms with Gasteiger partial charge >= 0.3 is 0 Å². The van der Waals surface area contributed by atoms with E-state index in [1.165, 1.54) is 0 Å². The highest BCUT2D eigenvalue weighted by molar-refractivity contribution is 6.02. The minimum Gasteiger partial charge on any atom is -0.358 e. The summed E-state index contributed by atoms with van der Waals surface area (Å²) in [4.78, 5) is 15.4. The highest BCUT2D eigenvalue weighted by Gasteiger charge is 2.44. The molecule has 0 saturated carbocycles. The first-order valence-corrected chi connectivity index (χ1v) is 9.03. The molecule has 4 rings (SSSR count). The number of carbonyl (C=O) groups is 1. The zero-order valence-electron chi connectivity index (χ0n) is 14.9. The molecule has 1 atom stereocenters. The van der Waals surface area contributed by atoms with E-state index in [4.69, 9.17) is 0 Å². The lowest BCUT2D eigenvalue weighted by molar-refractivity contribution is 0.0454. The molecule has 0 aromatic heterocycles. The first-order chi connectivity index (χ1) is 12.7. The van der Waals surface area contributed by atoms with Gasteiger partial charge in [0.05, 0.1) is 5.56 Å². The van der Waals surface area contributed by atoms with E-state index in [1.807, 2.05) is 65.6 Å². The number of hydrogen-bond donors (Lipinski definition) is 1. The van der Waals surface area contributed by atoms with Gasteiger partial charge in [-0.3, -0.25) is 4.79 Å². The van der Waals surface area contributed by atoms with Crippen molar-refractivity contribution in [3.05, 3.63) is 102 Å². The van der Waals surface area contributed by atoms with Gasteiger partial charge in [-0.05, 0) is 29.7 Å². The number of amides is 1. The van der Waals surface area contributed by atoms with Crippen LogP contribution in [0.15, 0.2) is 84.9 Å². The van der Waals surface area contributed by atoms with Gasteiger partial charge in [0.1, 0.15) is 5.66 Å². The number of benzene rings is 3. The zero-order chi connectivity index (χ0) is 18.0. The lowest BCUT2D eigenvalue weighted by Crippen LogP contribution is -2.56. The van der Waals surface area contributed by atoms with Crippen LogP contribution in [0.25, 0.3) is 0 Å². The van der Waals surface area contributed by atoms with E-state index in [-0.39, 0.29) is 5.91 Å². The Morgan fingerprint density at radius 1 is 0.846 bits per heavy atom. The number of nitrogens with one attached hydrogen (secondary N) is 1. The van der Waals surface area contributed by atoms with Crippen molar-refractivity contribution in [3.63, 3.8) is 0 Å². The molecular formula is C23H22N2O. The van der Waals surface area contributed by atoms with Crippen molar-refractivity contribution in [1.29, 1.82) is 0 Å². The van der Waals surface area contributed by atoms with Crippen molar-refractivity contribution in [2.45, 2.75) is 25.6 Å². The summed E-state index contributed by atoms with van der Waals surface area (Å²) in [6.07, 6.45) is 0.768. The normalized spacial score (nSPS) is 19.0. The number of anilines is 1. The van der Waals surface area contributed by atoms with Crippen molar-refractivity contribution in [2.75, 3.05) is 5.32 Å². The summed E-state index contributed by atoms with van der Waals surface area (Å²) in [5.74, 6) is 0.0638. The summed E-state index contributed by atoms with van der Waals surface area (Å²) < 4.78 is 0. The predicted molar refractivity (Wildman–Crippen MR) is 105 cm³/mol. The van der Waals surface area contributed by atoms with Crippen LogP contribution < -0.4 is 5.32 Å². The Morgan fingerprint density at radius 2 is 1.46 bits per heavy atom. The van der Waals surface area contributed by atoms with Crippen molar-refractivity contribution in [3.8, 4) is 0 Å². The molecule has 1 aliphatic heterocycles. The Labute approximate surface area is 154 Å². The van der Waals surface area contributed by atoms with Crippen molar-refractivity contribution in [2.24, 2.45) is 0 Å². The first kappa shape index (κ1) is 16.4. The maximum atomic E-state index is 13.5. The number of fused-ring (bicyclic) bond motifs is 1. The number of para-hydroxylation sites is 1. The van der Waals surface area contributed by atoms with Crippen LogP contribution in [0.4, 0.5) is 5.69 Å². The van der Waals surface area contributed by atoms with Crippen LogP contribution in [0.2, 0.25) is 0 Å². The number of carbonyl (C=O) groups excluding carboxylic acids is 1. The van der Waals surface area contributed by atoms with E-state index in [0.717, 1.165) is 28.8 Å². The molecule has 0 aliphatic carbocycles. The minimum absolute atomic E-state index is 0.0638. The Hall–Kier alpha value is -3.07. The number of rotatable bonds is 4. The van der Waals surface area contributed by atoms with E-state index < -0.39 is 5.66 Å². The average Bonchev–Trinajstić information content (AvgIpc) is 2.71. The molecular weight excluding hydrogens is 320 g/mol. The molecule has 3 nitrogen and oxygen atoms in total. The standard InChI is InChI=1S/C23H22N2O/c1-2-23(19-13-7-4-8-14-19)24-21-16-10-9-15-20(21)22(26)25(23)17-18-11-5-3-6-12-18/h3-16,24H,2,17H2,1H3. The molecule has 0 saturated heterocycles. The Kier molecular flexibility index (Phi) is 4.21. The molecule has 1 aliphatic rings. The molecule has 0 radical (unpaired) electrons. The Morgan fingerprint density at radius 3 is 2.15 bits per heavy atom. The molecule has 1 heterocycles. The second kappa shape index (κ2) is 6.68. The highest BCUT2D eigenvalue weighted by atomic mass is 16.2. The third-order valence-electron chi connectivity index (χ3n) is 5.15. The molecule has 1 N–H and O–H groups in total. The molecule has 0 spiro atoms. The molecule has 130 valence electrons. The SMILES string of the molecule is CCC1(c2ccccc2)Nc2ccccc2C(=O)N1Cc1ccccc1. The number of hydrogen-bond acceptors (Lipinski definition) is 2. The fraction of sp³-hybridized carbons (Fsp3) is 0.174. The third kappa shape index (κ3) is 2.66. The topological polar surface area (TPSA) is 32.3 Å².